The summed E-state index contributed by atoms with van der Waals surface area (Å²) in [5.74, 6) is 0.504. The average molecular weight is 239 g/mol. The maximum absolute atomic E-state index is 5.62. The Morgan fingerprint density at radius 2 is 2.11 bits per heavy atom. The first-order valence-electron chi connectivity index (χ1n) is 6.35. The summed E-state index contributed by atoms with van der Waals surface area (Å²) < 4.78 is 0. The van der Waals surface area contributed by atoms with Crippen LogP contribution in [0.3, 0.4) is 0 Å². The summed E-state index contributed by atoms with van der Waals surface area (Å²) in [7, 11) is 0. The molecular weight excluding hydrogens is 222 g/mol. The second-order valence-corrected chi connectivity index (χ2v) is 4.83. The molecule has 0 saturated heterocycles. The van der Waals surface area contributed by atoms with Crippen LogP contribution in [0.25, 0.3) is 21.8 Å². The van der Waals surface area contributed by atoms with E-state index in [1.807, 2.05) is 18.5 Å². The molecule has 0 saturated carbocycles. The van der Waals surface area contributed by atoms with Crippen LogP contribution >= 0.6 is 0 Å². The molecule has 3 aromatic rings. The van der Waals surface area contributed by atoms with E-state index in [0.29, 0.717) is 5.92 Å². The lowest BCUT2D eigenvalue weighted by Gasteiger charge is -2.10. The van der Waals surface area contributed by atoms with Crippen LogP contribution in [-0.2, 0) is 0 Å². The molecule has 1 unspecified atom stereocenters. The summed E-state index contributed by atoms with van der Waals surface area (Å²) in [5, 5.41) is 2.42. The molecule has 3 N–H and O–H groups in total. The number of fused-ring (bicyclic) bond motifs is 3. The molecule has 2 aromatic heterocycles. The number of pyridine rings is 1. The van der Waals surface area contributed by atoms with Crippen LogP contribution in [0.5, 0.6) is 0 Å². The van der Waals surface area contributed by atoms with Gasteiger partial charge in [0.05, 0.1) is 0 Å². The van der Waals surface area contributed by atoms with Gasteiger partial charge in [-0.1, -0.05) is 19.1 Å². The number of nitrogens with zero attached hydrogens (tertiary/aromatic N) is 1. The molecular formula is C15H17N3. The van der Waals surface area contributed by atoms with Gasteiger partial charge >= 0.3 is 0 Å². The first-order chi connectivity index (χ1) is 8.79. The predicted octanol–water partition coefficient (Wildman–Crippen LogP) is 3.17. The summed E-state index contributed by atoms with van der Waals surface area (Å²) in [4.78, 5) is 7.63. The molecule has 3 heteroatoms. The summed E-state index contributed by atoms with van der Waals surface area (Å²) in [5.41, 5.74) is 9.29. The van der Waals surface area contributed by atoms with Gasteiger partial charge in [0, 0.05) is 34.2 Å². The van der Waals surface area contributed by atoms with Crippen molar-refractivity contribution in [3.63, 3.8) is 0 Å². The van der Waals surface area contributed by atoms with E-state index in [9.17, 15) is 0 Å². The van der Waals surface area contributed by atoms with E-state index < -0.39 is 0 Å². The molecule has 0 radical (unpaired) electrons. The molecule has 0 fully saturated rings. The van der Waals surface area contributed by atoms with Gasteiger partial charge in [0.15, 0.2) is 0 Å². The Kier molecular flexibility index (Phi) is 2.76. The smallest absolute Gasteiger partial charge is 0.0495 e. The van der Waals surface area contributed by atoms with Crippen molar-refractivity contribution in [3.8, 4) is 0 Å². The summed E-state index contributed by atoms with van der Waals surface area (Å²) in [6.07, 6.45) is 4.75. The molecule has 18 heavy (non-hydrogen) atoms. The summed E-state index contributed by atoms with van der Waals surface area (Å²) in [6.45, 7) is 2.95. The lowest BCUT2D eigenvalue weighted by molar-refractivity contribution is 0.691. The van der Waals surface area contributed by atoms with E-state index in [1.165, 1.54) is 21.9 Å². The van der Waals surface area contributed by atoms with E-state index in [4.69, 9.17) is 5.73 Å². The SMILES string of the molecule is CC(CCN)c1ccc2c(c1)[nH]c1ccncc12. The maximum atomic E-state index is 5.62. The second kappa shape index (κ2) is 4.42. The Balaban J connectivity index is 2.15. The van der Waals surface area contributed by atoms with Crippen LogP contribution < -0.4 is 5.73 Å². The molecule has 2 heterocycles. The highest BCUT2D eigenvalue weighted by molar-refractivity contribution is 6.06. The van der Waals surface area contributed by atoms with E-state index >= 15 is 0 Å². The fraction of sp³-hybridized carbons (Fsp3) is 0.267. The van der Waals surface area contributed by atoms with Crippen molar-refractivity contribution in [2.75, 3.05) is 6.54 Å². The fourth-order valence-corrected chi connectivity index (χ4v) is 2.49. The third-order valence-electron chi connectivity index (χ3n) is 3.59. The number of aromatic amines is 1. The quantitative estimate of drug-likeness (QED) is 0.737. The summed E-state index contributed by atoms with van der Waals surface area (Å²) >= 11 is 0. The van der Waals surface area contributed by atoms with Gasteiger partial charge < -0.3 is 10.7 Å². The maximum Gasteiger partial charge on any atom is 0.0495 e. The topological polar surface area (TPSA) is 54.7 Å². The van der Waals surface area contributed by atoms with Gasteiger partial charge in [-0.3, -0.25) is 4.98 Å². The van der Waals surface area contributed by atoms with Crippen molar-refractivity contribution in [1.82, 2.24) is 9.97 Å². The zero-order valence-electron chi connectivity index (χ0n) is 10.5. The first kappa shape index (κ1) is 11.2. The fourth-order valence-electron chi connectivity index (χ4n) is 2.49. The number of hydrogen-bond acceptors (Lipinski definition) is 2. The van der Waals surface area contributed by atoms with Crippen LogP contribution in [0.1, 0.15) is 24.8 Å². The summed E-state index contributed by atoms with van der Waals surface area (Å²) in [6, 6.07) is 8.62. The standard InChI is InChI=1S/C15H17N3/c1-10(4-6-16)11-2-3-12-13-9-17-7-5-14(13)18-15(12)8-11/h2-3,5,7-10,18H,4,6,16H2,1H3. The minimum Gasteiger partial charge on any atom is -0.354 e. The molecule has 0 aliphatic rings. The van der Waals surface area contributed by atoms with Gasteiger partial charge in [0.2, 0.25) is 0 Å². The zero-order chi connectivity index (χ0) is 12.5. The van der Waals surface area contributed by atoms with Crippen LogP contribution in [0.2, 0.25) is 0 Å². The van der Waals surface area contributed by atoms with Gasteiger partial charge in [-0.2, -0.15) is 0 Å². The highest BCUT2D eigenvalue weighted by Crippen LogP contribution is 2.28. The molecule has 0 aliphatic heterocycles. The highest BCUT2D eigenvalue weighted by atomic mass is 14.7. The number of nitrogens with two attached hydrogens (primary N) is 1. The number of benzene rings is 1. The Morgan fingerprint density at radius 1 is 1.22 bits per heavy atom. The Morgan fingerprint density at radius 3 is 2.94 bits per heavy atom. The third-order valence-corrected chi connectivity index (χ3v) is 3.59. The number of hydrogen-bond donors (Lipinski definition) is 2. The van der Waals surface area contributed by atoms with Crippen molar-refractivity contribution >= 4 is 21.8 Å². The van der Waals surface area contributed by atoms with Gasteiger partial charge in [-0.25, -0.2) is 0 Å². The monoisotopic (exact) mass is 239 g/mol. The van der Waals surface area contributed by atoms with Gasteiger partial charge in [-0.05, 0) is 36.6 Å². The van der Waals surface area contributed by atoms with Crippen molar-refractivity contribution in [2.45, 2.75) is 19.3 Å². The molecule has 3 nitrogen and oxygen atoms in total. The van der Waals surface area contributed by atoms with Crippen molar-refractivity contribution < 1.29 is 0 Å². The average Bonchev–Trinajstić information content (AvgIpc) is 2.76. The minimum atomic E-state index is 0.504. The number of H-pyrrole nitrogens is 1. The van der Waals surface area contributed by atoms with Crippen molar-refractivity contribution in [2.24, 2.45) is 5.73 Å². The molecule has 92 valence electrons. The van der Waals surface area contributed by atoms with Crippen molar-refractivity contribution in [3.05, 3.63) is 42.2 Å². The van der Waals surface area contributed by atoms with Crippen LogP contribution in [0, 0.1) is 0 Å². The number of nitrogens with one attached hydrogen (secondary N) is 1. The molecule has 0 bridgehead atoms. The van der Waals surface area contributed by atoms with E-state index in [0.717, 1.165) is 18.5 Å². The second-order valence-electron chi connectivity index (χ2n) is 4.83. The molecule has 1 aromatic carbocycles. The van der Waals surface area contributed by atoms with Crippen LogP contribution in [0.4, 0.5) is 0 Å². The lowest BCUT2D eigenvalue weighted by Crippen LogP contribution is -2.04. The van der Waals surface area contributed by atoms with Gasteiger partial charge in [0.1, 0.15) is 0 Å². The minimum absolute atomic E-state index is 0.504. The Labute approximate surface area is 106 Å². The van der Waals surface area contributed by atoms with Crippen LogP contribution in [-0.4, -0.2) is 16.5 Å². The van der Waals surface area contributed by atoms with E-state index in [2.05, 4.69) is 35.1 Å². The van der Waals surface area contributed by atoms with E-state index in [-0.39, 0.29) is 0 Å². The van der Waals surface area contributed by atoms with Gasteiger partial charge in [-0.15, -0.1) is 0 Å². The number of aromatic nitrogens is 2. The zero-order valence-corrected chi connectivity index (χ0v) is 10.5. The third kappa shape index (κ3) is 1.77. The largest absolute Gasteiger partial charge is 0.354 e. The van der Waals surface area contributed by atoms with E-state index in [1.54, 1.807) is 0 Å². The molecule has 0 spiro atoms. The molecule has 0 aliphatic carbocycles. The lowest BCUT2D eigenvalue weighted by atomic mass is 9.97. The Hall–Kier alpha value is -1.87. The normalized spacial score (nSPS) is 13.2. The highest BCUT2D eigenvalue weighted by Gasteiger charge is 2.08. The molecule has 0 amide bonds. The first-order valence-corrected chi connectivity index (χ1v) is 6.35. The van der Waals surface area contributed by atoms with Gasteiger partial charge in [0.25, 0.3) is 0 Å². The number of rotatable bonds is 3. The van der Waals surface area contributed by atoms with Crippen molar-refractivity contribution in [1.29, 1.82) is 0 Å². The molecule has 3 rings (SSSR count). The molecule has 1 atom stereocenters. The predicted molar refractivity (Wildman–Crippen MR) is 75.7 cm³/mol. The van der Waals surface area contributed by atoms with Crippen LogP contribution in [0.15, 0.2) is 36.7 Å². The Bertz CT molecular complexity index is 684.